The summed E-state index contributed by atoms with van der Waals surface area (Å²) < 4.78 is 25.6. The molecule has 2 heterocycles. The van der Waals surface area contributed by atoms with Gasteiger partial charge in [0.25, 0.3) is 0 Å². The van der Waals surface area contributed by atoms with Crippen LogP contribution in [0.1, 0.15) is 23.1 Å². The zero-order chi connectivity index (χ0) is 24.5. The summed E-state index contributed by atoms with van der Waals surface area (Å²) in [4.78, 5) is 0. The fourth-order valence-corrected chi connectivity index (χ4v) is 5.31. The van der Waals surface area contributed by atoms with Crippen LogP contribution >= 0.6 is 0 Å². The highest BCUT2D eigenvalue weighted by molar-refractivity contribution is 5.88. The lowest BCUT2D eigenvalue weighted by Crippen LogP contribution is -2.35. The van der Waals surface area contributed by atoms with E-state index in [1.54, 1.807) is 7.11 Å². The number of nitrogens with zero attached hydrogens (tertiary/aromatic N) is 1. The molecule has 0 atom stereocenters. The van der Waals surface area contributed by atoms with Gasteiger partial charge in [0, 0.05) is 18.2 Å². The fraction of sp³-hybridized carbons (Fsp3) is 0.300. The molecule has 6 nitrogen and oxygen atoms in total. The van der Waals surface area contributed by atoms with Crippen molar-refractivity contribution in [1.29, 1.82) is 0 Å². The molecular formula is C30H31N2O4+. The lowest BCUT2D eigenvalue weighted by atomic mass is 9.87. The van der Waals surface area contributed by atoms with Crippen LogP contribution in [0.5, 0.6) is 23.0 Å². The highest BCUT2D eigenvalue weighted by atomic mass is 16.7. The number of benzene rings is 3. The summed E-state index contributed by atoms with van der Waals surface area (Å²) in [6.07, 6.45) is 2.84. The number of pyridine rings is 1. The number of hydrogen-bond donors (Lipinski definition) is 1. The van der Waals surface area contributed by atoms with Gasteiger partial charge in [0.15, 0.2) is 23.0 Å². The maximum Gasteiger partial charge on any atom is 0.231 e. The number of aryl methyl sites for hydroxylation is 3. The van der Waals surface area contributed by atoms with E-state index in [0.717, 1.165) is 66.3 Å². The third-order valence-corrected chi connectivity index (χ3v) is 7.11. The van der Waals surface area contributed by atoms with E-state index in [1.165, 1.54) is 27.9 Å². The van der Waals surface area contributed by atoms with Crippen LogP contribution in [0.2, 0.25) is 0 Å². The molecule has 0 radical (unpaired) electrons. The van der Waals surface area contributed by atoms with Gasteiger partial charge in [0.2, 0.25) is 18.0 Å². The largest absolute Gasteiger partial charge is 0.493 e. The molecule has 4 aromatic rings. The van der Waals surface area contributed by atoms with E-state index < -0.39 is 0 Å². The third kappa shape index (κ3) is 4.11. The van der Waals surface area contributed by atoms with Crippen molar-refractivity contribution in [2.75, 3.05) is 27.1 Å². The average Bonchev–Trinajstić information content (AvgIpc) is 3.37. The van der Waals surface area contributed by atoms with Crippen molar-refractivity contribution in [1.82, 2.24) is 5.32 Å². The monoisotopic (exact) mass is 483 g/mol. The number of fused-ring (bicyclic) bond motifs is 5. The first kappa shape index (κ1) is 22.7. The predicted octanol–water partition coefficient (Wildman–Crippen LogP) is 4.73. The Morgan fingerprint density at radius 2 is 1.75 bits per heavy atom. The molecule has 0 fully saturated rings. The quantitative estimate of drug-likeness (QED) is 0.290. The van der Waals surface area contributed by atoms with Crippen LogP contribution in [0.15, 0.2) is 60.7 Å². The molecule has 1 aromatic heterocycles. The van der Waals surface area contributed by atoms with Gasteiger partial charge in [-0.15, -0.1) is 0 Å². The number of ether oxygens (including phenoxy) is 4. The zero-order valence-corrected chi connectivity index (χ0v) is 20.8. The van der Waals surface area contributed by atoms with Gasteiger partial charge >= 0.3 is 0 Å². The number of methoxy groups -OCH3 is 1. The summed E-state index contributed by atoms with van der Waals surface area (Å²) >= 11 is 0. The molecular weight excluding hydrogens is 452 g/mol. The Morgan fingerprint density at radius 1 is 0.944 bits per heavy atom. The molecule has 0 saturated carbocycles. The van der Waals surface area contributed by atoms with Crippen LogP contribution in [-0.2, 0) is 26.4 Å². The van der Waals surface area contributed by atoms with Crippen LogP contribution in [0.25, 0.3) is 22.2 Å². The fourth-order valence-electron chi connectivity index (χ4n) is 5.31. The summed E-state index contributed by atoms with van der Waals surface area (Å²) in [7, 11) is 3.83. The molecule has 184 valence electrons. The van der Waals surface area contributed by atoms with Gasteiger partial charge in [0.05, 0.1) is 24.7 Å². The van der Waals surface area contributed by atoms with Crippen LogP contribution < -0.4 is 28.8 Å². The highest BCUT2D eigenvalue weighted by Gasteiger charge is 2.30. The van der Waals surface area contributed by atoms with Crippen molar-refractivity contribution in [3.8, 4) is 34.3 Å². The summed E-state index contributed by atoms with van der Waals surface area (Å²) in [5.74, 6) is 3.24. The minimum atomic E-state index is 0.289. The Balaban J connectivity index is 1.26. The molecule has 2 aliphatic rings. The Hall–Kier alpha value is -3.77. The second-order valence-electron chi connectivity index (χ2n) is 9.33. The van der Waals surface area contributed by atoms with E-state index in [-0.39, 0.29) is 6.79 Å². The van der Waals surface area contributed by atoms with Crippen molar-refractivity contribution in [3.05, 3.63) is 77.4 Å². The van der Waals surface area contributed by atoms with Crippen molar-refractivity contribution in [3.63, 3.8) is 0 Å². The standard InChI is InChI=1S/C30H31N2O4/c1-32-25-11-12-26(33-2)30(34-14-6-13-31-18-20-7-4-3-5-8-20)24(25)15-22-10-9-21-16-27-28(36-19-35-27)17-23(21)29(22)32/h3-5,7-8,11-12,15-17,31H,6,9-10,13-14,18-19H2,1-2H3/q+1. The number of hydrogen-bond acceptors (Lipinski definition) is 5. The molecule has 6 heteroatoms. The van der Waals surface area contributed by atoms with Gasteiger partial charge in [-0.25, -0.2) is 0 Å². The highest BCUT2D eigenvalue weighted by Crippen LogP contribution is 2.43. The minimum absolute atomic E-state index is 0.289. The maximum absolute atomic E-state index is 6.35. The smallest absolute Gasteiger partial charge is 0.231 e. The topological polar surface area (TPSA) is 52.8 Å². The van der Waals surface area contributed by atoms with Gasteiger partial charge in [-0.05, 0) is 61.2 Å². The second kappa shape index (κ2) is 9.70. The number of rotatable bonds is 8. The Morgan fingerprint density at radius 3 is 2.58 bits per heavy atom. The molecule has 0 unspecified atom stereocenters. The first-order valence-electron chi connectivity index (χ1n) is 12.6. The summed E-state index contributed by atoms with van der Waals surface area (Å²) in [5.41, 5.74) is 7.44. The Labute approximate surface area is 211 Å². The predicted molar refractivity (Wildman–Crippen MR) is 139 cm³/mol. The van der Waals surface area contributed by atoms with E-state index in [4.69, 9.17) is 18.9 Å². The number of aromatic nitrogens is 1. The molecule has 1 N–H and O–H groups in total. The van der Waals surface area contributed by atoms with Crippen molar-refractivity contribution in [2.45, 2.75) is 25.8 Å². The minimum Gasteiger partial charge on any atom is -0.493 e. The van der Waals surface area contributed by atoms with Crippen molar-refractivity contribution < 1.29 is 23.5 Å². The van der Waals surface area contributed by atoms with Gasteiger partial charge in [0.1, 0.15) is 7.05 Å². The maximum atomic E-state index is 6.35. The molecule has 0 amide bonds. The number of nitrogens with one attached hydrogen (secondary N) is 1. The normalized spacial score (nSPS) is 13.4. The molecule has 1 aliphatic carbocycles. The van der Waals surface area contributed by atoms with Crippen LogP contribution in [0, 0.1) is 0 Å². The van der Waals surface area contributed by atoms with E-state index in [9.17, 15) is 0 Å². The van der Waals surface area contributed by atoms with Crippen LogP contribution in [0.4, 0.5) is 0 Å². The van der Waals surface area contributed by atoms with Gasteiger partial charge < -0.3 is 24.3 Å². The van der Waals surface area contributed by atoms with E-state index >= 15 is 0 Å². The molecule has 3 aromatic carbocycles. The van der Waals surface area contributed by atoms with E-state index in [0.29, 0.717) is 6.61 Å². The average molecular weight is 484 g/mol. The van der Waals surface area contributed by atoms with Crippen molar-refractivity contribution in [2.24, 2.45) is 7.05 Å². The van der Waals surface area contributed by atoms with Crippen LogP contribution in [-0.4, -0.2) is 27.1 Å². The first-order valence-corrected chi connectivity index (χ1v) is 12.6. The van der Waals surface area contributed by atoms with Gasteiger partial charge in [-0.2, -0.15) is 4.57 Å². The molecule has 36 heavy (non-hydrogen) atoms. The summed E-state index contributed by atoms with van der Waals surface area (Å²) in [6, 6.07) is 21.1. The molecule has 6 rings (SSSR count). The SMILES string of the molecule is COc1ccc2c(cc3c([n+]2C)-c2cc4c(cc2CC3)OCO4)c1OCCCNCc1ccccc1. The van der Waals surface area contributed by atoms with E-state index in [1.807, 2.05) is 12.1 Å². The molecule has 1 aliphatic heterocycles. The van der Waals surface area contributed by atoms with Crippen LogP contribution in [0.3, 0.4) is 0 Å². The lowest BCUT2D eigenvalue weighted by molar-refractivity contribution is -0.634. The zero-order valence-electron chi connectivity index (χ0n) is 20.8. The second-order valence-corrected chi connectivity index (χ2v) is 9.33. The van der Waals surface area contributed by atoms with E-state index in [2.05, 4.69) is 65.5 Å². The Bertz CT molecular complexity index is 1420. The lowest BCUT2D eigenvalue weighted by Gasteiger charge is -2.20. The summed E-state index contributed by atoms with van der Waals surface area (Å²) in [5, 5.41) is 4.58. The molecule has 0 bridgehead atoms. The first-order chi connectivity index (χ1) is 17.7. The van der Waals surface area contributed by atoms with Gasteiger partial charge in [-0.1, -0.05) is 30.3 Å². The third-order valence-electron chi connectivity index (χ3n) is 7.11. The summed E-state index contributed by atoms with van der Waals surface area (Å²) in [6.45, 7) is 2.65. The van der Waals surface area contributed by atoms with Gasteiger partial charge in [-0.3, -0.25) is 0 Å². The molecule has 0 spiro atoms. The Kier molecular flexibility index (Phi) is 6.11. The molecule has 0 saturated heterocycles. The van der Waals surface area contributed by atoms with Crippen molar-refractivity contribution >= 4 is 10.9 Å².